The minimum Gasteiger partial charge on any atom is -0.493 e. The van der Waals surface area contributed by atoms with Crippen molar-refractivity contribution in [3.63, 3.8) is 0 Å². The van der Waals surface area contributed by atoms with E-state index in [2.05, 4.69) is 21.2 Å². The molecule has 25 heavy (non-hydrogen) atoms. The van der Waals surface area contributed by atoms with Crippen LogP contribution in [0.2, 0.25) is 0 Å². The highest BCUT2D eigenvalue weighted by atomic mass is 79.9. The third-order valence-electron chi connectivity index (χ3n) is 3.23. The van der Waals surface area contributed by atoms with Gasteiger partial charge in [0.15, 0.2) is 24.7 Å². The highest BCUT2D eigenvalue weighted by Crippen LogP contribution is 2.25. The van der Waals surface area contributed by atoms with Gasteiger partial charge in [-0.15, -0.1) is 0 Å². The van der Waals surface area contributed by atoms with Gasteiger partial charge in [-0.25, -0.2) is 4.79 Å². The van der Waals surface area contributed by atoms with Crippen LogP contribution >= 0.6 is 15.9 Å². The van der Waals surface area contributed by atoms with Gasteiger partial charge in [-0.3, -0.25) is 4.79 Å². The average molecular weight is 408 g/mol. The highest BCUT2D eigenvalue weighted by Gasteiger charge is 2.11. The molecule has 132 valence electrons. The molecular formula is C18H18BrNO5. The summed E-state index contributed by atoms with van der Waals surface area (Å²) < 4.78 is 16.2. The molecule has 0 saturated heterocycles. The van der Waals surface area contributed by atoms with Crippen LogP contribution in [0.1, 0.15) is 5.56 Å². The Bertz CT molecular complexity index is 763. The number of carbonyl (C=O) groups is 2. The minimum atomic E-state index is -0.647. The lowest BCUT2D eigenvalue weighted by atomic mass is 10.2. The summed E-state index contributed by atoms with van der Waals surface area (Å²) in [7, 11) is 1.51. The van der Waals surface area contributed by atoms with Gasteiger partial charge >= 0.3 is 5.97 Å². The number of rotatable bonds is 7. The molecular weight excluding hydrogens is 390 g/mol. The first-order valence-corrected chi connectivity index (χ1v) is 8.26. The van der Waals surface area contributed by atoms with Crippen molar-refractivity contribution in [3.8, 4) is 11.5 Å². The zero-order chi connectivity index (χ0) is 18.2. The number of carbonyl (C=O) groups excluding carboxylic acids is 2. The summed E-state index contributed by atoms with van der Waals surface area (Å²) in [4.78, 5) is 23.5. The Balaban J connectivity index is 1.77. The van der Waals surface area contributed by atoms with E-state index in [4.69, 9.17) is 14.2 Å². The third kappa shape index (κ3) is 5.79. The summed E-state index contributed by atoms with van der Waals surface area (Å²) in [5.41, 5.74) is 1.67. The third-order valence-corrected chi connectivity index (χ3v) is 4.09. The summed E-state index contributed by atoms with van der Waals surface area (Å²) in [5.74, 6) is -0.138. The number of hydrogen-bond acceptors (Lipinski definition) is 5. The van der Waals surface area contributed by atoms with E-state index in [-0.39, 0.29) is 13.2 Å². The summed E-state index contributed by atoms with van der Waals surface area (Å²) in [5, 5.41) is 2.65. The molecule has 0 aliphatic rings. The van der Waals surface area contributed by atoms with Gasteiger partial charge < -0.3 is 19.5 Å². The van der Waals surface area contributed by atoms with Crippen LogP contribution in [-0.4, -0.2) is 32.2 Å². The first-order chi connectivity index (χ1) is 12.0. The molecule has 0 aliphatic carbocycles. The van der Waals surface area contributed by atoms with Crippen LogP contribution in [0, 0.1) is 6.92 Å². The van der Waals surface area contributed by atoms with Crippen molar-refractivity contribution in [1.29, 1.82) is 0 Å². The fourth-order valence-corrected chi connectivity index (χ4v) is 2.31. The number of aryl methyl sites for hydroxylation is 1. The number of ether oxygens (including phenoxy) is 3. The smallest absolute Gasteiger partial charge is 0.344 e. The second-order valence-corrected chi connectivity index (χ2v) is 5.97. The molecule has 6 nitrogen and oxygen atoms in total. The monoisotopic (exact) mass is 407 g/mol. The van der Waals surface area contributed by atoms with Crippen molar-refractivity contribution < 1.29 is 23.8 Å². The predicted molar refractivity (Wildman–Crippen MR) is 97.0 cm³/mol. The Hall–Kier alpha value is -2.54. The van der Waals surface area contributed by atoms with Crippen molar-refractivity contribution in [2.24, 2.45) is 0 Å². The Kier molecular flexibility index (Phi) is 6.82. The van der Waals surface area contributed by atoms with Crippen molar-refractivity contribution in [3.05, 3.63) is 52.5 Å². The van der Waals surface area contributed by atoms with Gasteiger partial charge in [-0.1, -0.05) is 34.1 Å². The molecule has 0 aromatic heterocycles. The van der Waals surface area contributed by atoms with E-state index in [0.717, 1.165) is 10.0 Å². The Morgan fingerprint density at radius 1 is 1.08 bits per heavy atom. The zero-order valence-electron chi connectivity index (χ0n) is 13.9. The Morgan fingerprint density at radius 2 is 1.80 bits per heavy atom. The molecule has 0 aliphatic heterocycles. The number of amides is 1. The van der Waals surface area contributed by atoms with E-state index >= 15 is 0 Å². The number of benzene rings is 2. The van der Waals surface area contributed by atoms with E-state index in [0.29, 0.717) is 17.2 Å². The fourth-order valence-electron chi connectivity index (χ4n) is 1.93. The van der Waals surface area contributed by atoms with E-state index in [1.807, 2.05) is 13.0 Å². The molecule has 7 heteroatoms. The molecule has 0 unspecified atom stereocenters. The lowest BCUT2D eigenvalue weighted by molar-refractivity contribution is -0.149. The van der Waals surface area contributed by atoms with Crippen molar-refractivity contribution in [2.45, 2.75) is 6.92 Å². The van der Waals surface area contributed by atoms with Crippen LogP contribution in [0.25, 0.3) is 0 Å². The van der Waals surface area contributed by atoms with Gasteiger partial charge in [0.05, 0.1) is 7.11 Å². The van der Waals surface area contributed by atoms with Gasteiger partial charge in [-0.05, 0) is 36.8 Å². The molecule has 0 spiro atoms. The maximum Gasteiger partial charge on any atom is 0.344 e. The molecule has 1 amide bonds. The predicted octanol–water partition coefficient (Wildman–Crippen LogP) is 3.33. The SMILES string of the molecule is COc1ccccc1OCC(=O)OCC(=O)Nc1ccc(C)c(Br)c1. The minimum absolute atomic E-state index is 0.316. The summed E-state index contributed by atoms with van der Waals surface area (Å²) >= 11 is 3.39. The summed E-state index contributed by atoms with van der Waals surface area (Å²) in [6.07, 6.45) is 0. The molecule has 0 bridgehead atoms. The molecule has 0 radical (unpaired) electrons. The largest absolute Gasteiger partial charge is 0.493 e. The van der Waals surface area contributed by atoms with Crippen LogP contribution in [0.3, 0.4) is 0 Å². The van der Waals surface area contributed by atoms with Gasteiger partial charge in [0.2, 0.25) is 0 Å². The lowest BCUT2D eigenvalue weighted by Gasteiger charge is -2.10. The Morgan fingerprint density at radius 3 is 2.48 bits per heavy atom. The van der Waals surface area contributed by atoms with Crippen LogP contribution in [-0.2, 0) is 14.3 Å². The molecule has 2 aromatic carbocycles. The first kappa shape index (κ1) is 18.8. The number of halogens is 1. The van der Waals surface area contributed by atoms with Crippen LogP contribution in [0.15, 0.2) is 46.9 Å². The summed E-state index contributed by atoms with van der Waals surface area (Å²) in [6, 6.07) is 12.4. The van der Waals surface area contributed by atoms with E-state index in [1.54, 1.807) is 36.4 Å². The second kappa shape index (κ2) is 9.08. The van der Waals surface area contributed by atoms with Crippen molar-refractivity contribution in [2.75, 3.05) is 25.6 Å². The summed E-state index contributed by atoms with van der Waals surface area (Å²) in [6.45, 7) is 1.24. The van der Waals surface area contributed by atoms with Crippen LogP contribution < -0.4 is 14.8 Å². The van der Waals surface area contributed by atoms with Crippen LogP contribution in [0.4, 0.5) is 5.69 Å². The number of hydrogen-bond donors (Lipinski definition) is 1. The maximum absolute atomic E-state index is 11.8. The average Bonchev–Trinajstić information content (AvgIpc) is 2.61. The number of methoxy groups -OCH3 is 1. The zero-order valence-corrected chi connectivity index (χ0v) is 15.5. The van der Waals surface area contributed by atoms with Crippen molar-refractivity contribution >= 4 is 33.5 Å². The number of para-hydroxylation sites is 2. The molecule has 0 atom stereocenters. The quantitative estimate of drug-likeness (QED) is 0.712. The molecule has 0 saturated carbocycles. The number of anilines is 1. The van der Waals surface area contributed by atoms with Gasteiger partial charge in [0.25, 0.3) is 5.91 Å². The topological polar surface area (TPSA) is 73.9 Å². The fraction of sp³-hybridized carbons (Fsp3) is 0.222. The van der Waals surface area contributed by atoms with E-state index in [1.165, 1.54) is 7.11 Å². The maximum atomic E-state index is 11.8. The lowest BCUT2D eigenvalue weighted by Crippen LogP contribution is -2.23. The standard InChI is InChI=1S/C18H18BrNO5/c1-12-7-8-13(9-14(12)19)20-17(21)10-25-18(22)11-24-16-6-4-3-5-15(16)23-2/h3-9H,10-11H2,1-2H3,(H,20,21). The molecule has 2 aromatic rings. The van der Waals surface area contributed by atoms with Crippen molar-refractivity contribution in [1.82, 2.24) is 0 Å². The Labute approximate surface area is 154 Å². The van der Waals surface area contributed by atoms with E-state index < -0.39 is 11.9 Å². The number of esters is 1. The van der Waals surface area contributed by atoms with E-state index in [9.17, 15) is 9.59 Å². The molecule has 1 N–H and O–H groups in total. The van der Waals surface area contributed by atoms with Gasteiger partial charge in [0, 0.05) is 10.2 Å². The number of nitrogens with one attached hydrogen (secondary N) is 1. The first-order valence-electron chi connectivity index (χ1n) is 7.47. The second-order valence-electron chi connectivity index (χ2n) is 5.11. The molecule has 0 heterocycles. The van der Waals surface area contributed by atoms with Gasteiger partial charge in [-0.2, -0.15) is 0 Å². The normalized spacial score (nSPS) is 10.0. The highest BCUT2D eigenvalue weighted by molar-refractivity contribution is 9.10. The molecule has 0 fully saturated rings. The molecule has 2 rings (SSSR count). The van der Waals surface area contributed by atoms with Crippen LogP contribution in [0.5, 0.6) is 11.5 Å². The van der Waals surface area contributed by atoms with Gasteiger partial charge in [0.1, 0.15) is 0 Å².